The summed E-state index contributed by atoms with van der Waals surface area (Å²) in [4.78, 5) is 17.8. The summed E-state index contributed by atoms with van der Waals surface area (Å²) in [5, 5.41) is 17.4. The van der Waals surface area contributed by atoms with Gasteiger partial charge in [-0.15, -0.1) is 0 Å². The number of nitrogens with one attached hydrogen (secondary N) is 4. The Morgan fingerprint density at radius 1 is 1.26 bits per heavy atom. The van der Waals surface area contributed by atoms with Crippen LogP contribution in [-0.2, 0) is 0 Å². The van der Waals surface area contributed by atoms with Gasteiger partial charge in [0, 0.05) is 37.0 Å². The first-order valence-corrected chi connectivity index (χ1v) is 9.53. The van der Waals surface area contributed by atoms with Gasteiger partial charge in [-0.1, -0.05) is 0 Å². The van der Waals surface area contributed by atoms with Crippen LogP contribution in [0.5, 0.6) is 0 Å². The fraction of sp³-hybridized carbons (Fsp3) is 0.316. The van der Waals surface area contributed by atoms with Gasteiger partial charge in [0.1, 0.15) is 23.7 Å². The second-order valence-electron chi connectivity index (χ2n) is 7.10. The van der Waals surface area contributed by atoms with Crippen molar-refractivity contribution in [1.29, 1.82) is 5.41 Å². The minimum atomic E-state index is -4.69. The van der Waals surface area contributed by atoms with E-state index in [0.29, 0.717) is 17.5 Å². The quantitative estimate of drug-likeness (QED) is 0.461. The molecule has 1 aliphatic rings. The lowest BCUT2D eigenvalue weighted by Gasteiger charge is -2.41. The SMILES string of the molecule is CC1NCCN(c2cc(-c3cnc(/C=C\C(=N)C(F)(F)F)[nH]3)ncn2)C1c1cn[nH]c1. The molecule has 1 saturated heterocycles. The van der Waals surface area contributed by atoms with E-state index >= 15 is 0 Å². The Kier molecular flexibility index (Phi) is 5.55. The van der Waals surface area contributed by atoms with E-state index in [9.17, 15) is 13.2 Å². The van der Waals surface area contributed by atoms with Crippen LogP contribution < -0.4 is 10.2 Å². The molecule has 162 valence electrons. The number of halogens is 3. The molecule has 0 radical (unpaired) electrons. The van der Waals surface area contributed by atoms with Gasteiger partial charge in [0.25, 0.3) is 0 Å². The lowest BCUT2D eigenvalue weighted by molar-refractivity contribution is -0.0583. The molecular weight excluding hydrogens is 411 g/mol. The van der Waals surface area contributed by atoms with E-state index < -0.39 is 11.9 Å². The number of imidazole rings is 1. The number of alkyl halides is 3. The van der Waals surface area contributed by atoms with Gasteiger partial charge in [0.05, 0.1) is 29.8 Å². The van der Waals surface area contributed by atoms with Crippen LogP contribution in [0.4, 0.5) is 19.0 Å². The van der Waals surface area contributed by atoms with Crippen LogP contribution in [0.2, 0.25) is 0 Å². The number of allylic oxidation sites excluding steroid dienone is 1. The van der Waals surface area contributed by atoms with Gasteiger partial charge in [-0.05, 0) is 19.1 Å². The molecule has 0 aromatic carbocycles. The van der Waals surface area contributed by atoms with Crippen LogP contribution in [0.15, 0.2) is 37.1 Å². The van der Waals surface area contributed by atoms with Crippen molar-refractivity contribution >= 4 is 17.6 Å². The number of aromatic nitrogens is 6. The molecule has 0 amide bonds. The summed E-state index contributed by atoms with van der Waals surface area (Å²) >= 11 is 0. The zero-order chi connectivity index (χ0) is 22.0. The largest absolute Gasteiger partial charge is 0.432 e. The summed E-state index contributed by atoms with van der Waals surface area (Å²) in [6, 6.07) is 1.99. The molecular formula is C19H20F3N9. The number of rotatable bonds is 5. The van der Waals surface area contributed by atoms with Crippen molar-refractivity contribution in [3.63, 3.8) is 0 Å². The minimum Gasteiger partial charge on any atom is -0.346 e. The highest BCUT2D eigenvalue weighted by molar-refractivity contribution is 5.99. The van der Waals surface area contributed by atoms with Gasteiger partial charge >= 0.3 is 6.18 Å². The molecule has 9 nitrogen and oxygen atoms in total. The Hall–Kier alpha value is -3.54. The van der Waals surface area contributed by atoms with Gasteiger partial charge < -0.3 is 15.2 Å². The zero-order valence-corrected chi connectivity index (χ0v) is 16.5. The number of nitrogens with zero attached hydrogens (tertiary/aromatic N) is 5. The lowest BCUT2D eigenvalue weighted by Crippen LogP contribution is -2.51. The third-order valence-electron chi connectivity index (χ3n) is 5.02. The number of hydrogen-bond acceptors (Lipinski definition) is 7. The molecule has 1 aliphatic heterocycles. The van der Waals surface area contributed by atoms with Crippen molar-refractivity contribution in [1.82, 2.24) is 35.5 Å². The summed E-state index contributed by atoms with van der Waals surface area (Å²) in [5.74, 6) is 0.909. The van der Waals surface area contributed by atoms with Crippen molar-refractivity contribution in [3.8, 4) is 11.4 Å². The summed E-state index contributed by atoms with van der Waals surface area (Å²) < 4.78 is 37.4. The Morgan fingerprint density at radius 2 is 2.10 bits per heavy atom. The van der Waals surface area contributed by atoms with E-state index in [1.54, 1.807) is 6.20 Å². The highest BCUT2D eigenvalue weighted by atomic mass is 19.4. The number of H-pyrrole nitrogens is 2. The molecule has 0 spiro atoms. The standard InChI is InChI=1S/C19H20F3N9/c1-11-18(12-7-28-29-8-12)31(5-4-24-11)17-6-13(26-10-27-17)14-9-25-16(30-14)3-2-15(23)19(20,21)22/h2-3,6-11,18,23-24H,4-5H2,1H3,(H,25,30)(H,28,29)/b3-2-,23-15?. The third-order valence-corrected chi connectivity index (χ3v) is 5.02. The lowest BCUT2D eigenvalue weighted by atomic mass is 9.99. The maximum Gasteiger partial charge on any atom is 0.432 e. The summed E-state index contributed by atoms with van der Waals surface area (Å²) in [7, 11) is 0. The van der Waals surface area contributed by atoms with E-state index in [-0.39, 0.29) is 17.9 Å². The Bertz CT molecular complexity index is 1070. The van der Waals surface area contributed by atoms with E-state index in [2.05, 4.69) is 47.3 Å². The Morgan fingerprint density at radius 3 is 2.84 bits per heavy atom. The van der Waals surface area contributed by atoms with E-state index in [1.165, 1.54) is 12.5 Å². The molecule has 0 saturated carbocycles. The average Bonchev–Trinajstić information content (AvgIpc) is 3.43. The van der Waals surface area contributed by atoms with Gasteiger partial charge in [-0.3, -0.25) is 10.5 Å². The topological polar surface area (TPSA) is 122 Å². The predicted octanol–water partition coefficient (Wildman–Crippen LogP) is 2.72. The second kappa shape index (κ2) is 8.30. The van der Waals surface area contributed by atoms with Crippen LogP contribution in [0, 0.1) is 5.41 Å². The van der Waals surface area contributed by atoms with Crippen molar-refractivity contribution in [3.05, 3.63) is 48.4 Å². The van der Waals surface area contributed by atoms with Crippen molar-refractivity contribution < 1.29 is 13.2 Å². The maximum absolute atomic E-state index is 12.5. The van der Waals surface area contributed by atoms with Crippen LogP contribution in [0.3, 0.4) is 0 Å². The molecule has 4 N–H and O–H groups in total. The zero-order valence-electron chi connectivity index (χ0n) is 16.5. The summed E-state index contributed by atoms with van der Waals surface area (Å²) in [6.07, 6.45) is 3.64. The monoisotopic (exact) mass is 431 g/mol. The third kappa shape index (κ3) is 4.48. The number of anilines is 1. The molecule has 2 atom stereocenters. The van der Waals surface area contributed by atoms with Gasteiger partial charge in [-0.25, -0.2) is 15.0 Å². The fourth-order valence-corrected chi connectivity index (χ4v) is 3.54. The molecule has 0 aliphatic carbocycles. The summed E-state index contributed by atoms with van der Waals surface area (Å²) in [6.45, 7) is 3.62. The molecule has 3 aromatic rings. The summed E-state index contributed by atoms with van der Waals surface area (Å²) in [5.41, 5.74) is 0.666. The number of piperazine rings is 1. The first-order chi connectivity index (χ1) is 14.8. The number of aromatic amines is 2. The molecule has 2 unspecified atom stereocenters. The van der Waals surface area contributed by atoms with Crippen molar-refractivity contribution in [2.45, 2.75) is 25.2 Å². The Balaban J connectivity index is 1.58. The van der Waals surface area contributed by atoms with Crippen molar-refractivity contribution in [2.24, 2.45) is 0 Å². The highest BCUT2D eigenvalue weighted by Gasteiger charge is 2.32. The Labute approximate surface area is 175 Å². The van der Waals surface area contributed by atoms with Gasteiger partial charge in [0.2, 0.25) is 0 Å². The van der Waals surface area contributed by atoms with Gasteiger partial charge in [-0.2, -0.15) is 18.3 Å². The van der Waals surface area contributed by atoms with Crippen LogP contribution in [0.1, 0.15) is 24.4 Å². The predicted molar refractivity (Wildman–Crippen MR) is 109 cm³/mol. The number of hydrogen-bond donors (Lipinski definition) is 4. The molecule has 0 bridgehead atoms. The van der Waals surface area contributed by atoms with E-state index in [0.717, 1.165) is 30.5 Å². The molecule has 4 rings (SSSR count). The first kappa shape index (κ1) is 20.7. The average molecular weight is 431 g/mol. The smallest absolute Gasteiger partial charge is 0.346 e. The minimum absolute atomic E-state index is 0.0175. The van der Waals surface area contributed by atoms with Gasteiger partial charge in [0.15, 0.2) is 0 Å². The van der Waals surface area contributed by atoms with E-state index in [4.69, 9.17) is 5.41 Å². The molecule has 12 heteroatoms. The normalized spacial score (nSPS) is 19.8. The second-order valence-corrected chi connectivity index (χ2v) is 7.10. The highest BCUT2D eigenvalue weighted by Crippen LogP contribution is 2.31. The first-order valence-electron chi connectivity index (χ1n) is 9.53. The van der Waals surface area contributed by atoms with Crippen LogP contribution >= 0.6 is 0 Å². The van der Waals surface area contributed by atoms with Crippen molar-refractivity contribution in [2.75, 3.05) is 18.0 Å². The maximum atomic E-state index is 12.5. The van der Waals surface area contributed by atoms with Crippen LogP contribution in [0.25, 0.3) is 17.5 Å². The molecule has 1 fully saturated rings. The molecule has 4 heterocycles. The molecule has 3 aromatic heterocycles. The van der Waals surface area contributed by atoms with E-state index in [1.807, 2.05) is 12.3 Å². The fourth-order valence-electron chi connectivity index (χ4n) is 3.54. The van der Waals surface area contributed by atoms with Crippen LogP contribution in [-0.4, -0.2) is 61.2 Å². The molecule has 31 heavy (non-hydrogen) atoms.